The number of nitrogens with two attached hydrogens (primary N) is 1. The predicted octanol–water partition coefficient (Wildman–Crippen LogP) is 3.13. The van der Waals surface area contributed by atoms with E-state index in [-0.39, 0.29) is 5.56 Å². The SMILES string of the molecule is CC(C)(C)[C@@H](O)[C@@H](N)c1cc(OC(F)(F)F)ccc1F. The van der Waals surface area contributed by atoms with Gasteiger partial charge in [0.15, 0.2) is 0 Å². The Morgan fingerprint density at radius 1 is 1.20 bits per heavy atom. The molecule has 1 aromatic rings. The average molecular weight is 295 g/mol. The van der Waals surface area contributed by atoms with E-state index >= 15 is 0 Å². The predicted molar refractivity (Wildman–Crippen MR) is 65.5 cm³/mol. The summed E-state index contributed by atoms with van der Waals surface area (Å²) in [7, 11) is 0. The quantitative estimate of drug-likeness (QED) is 0.842. The summed E-state index contributed by atoms with van der Waals surface area (Å²) in [4.78, 5) is 0. The highest BCUT2D eigenvalue weighted by atomic mass is 19.4. The number of rotatable bonds is 3. The second kappa shape index (κ2) is 5.57. The van der Waals surface area contributed by atoms with Crippen molar-refractivity contribution < 1.29 is 27.4 Å². The molecule has 0 amide bonds. The highest BCUT2D eigenvalue weighted by Crippen LogP contribution is 2.32. The van der Waals surface area contributed by atoms with Gasteiger partial charge in [-0.25, -0.2) is 4.39 Å². The molecule has 0 saturated carbocycles. The Balaban J connectivity index is 3.08. The maximum atomic E-state index is 13.7. The van der Waals surface area contributed by atoms with E-state index in [1.54, 1.807) is 20.8 Å². The molecule has 0 aromatic heterocycles. The van der Waals surface area contributed by atoms with Crippen LogP contribution in [0.4, 0.5) is 17.6 Å². The summed E-state index contributed by atoms with van der Waals surface area (Å²) in [5.74, 6) is -1.37. The van der Waals surface area contributed by atoms with Crippen LogP contribution in [0.5, 0.6) is 5.75 Å². The van der Waals surface area contributed by atoms with Gasteiger partial charge >= 0.3 is 6.36 Å². The number of alkyl halides is 3. The van der Waals surface area contributed by atoms with E-state index < -0.39 is 35.5 Å². The molecule has 0 aliphatic heterocycles. The fourth-order valence-electron chi connectivity index (χ4n) is 1.68. The molecule has 114 valence electrons. The number of hydrogen-bond acceptors (Lipinski definition) is 3. The van der Waals surface area contributed by atoms with Gasteiger partial charge in [0.1, 0.15) is 11.6 Å². The molecule has 0 fully saturated rings. The van der Waals surface area contributed by atoms with Crippen molar-refractivity contribution in [2.24, 2.45) is 11.1 Å². The number of aliphatic hydroxyl groups excluding tert-OH is 1. The van der Waals surface area contributed by atoms with Gasteiger partial charge in [0.25, 0.3) is 0 Å². The van der Waals surface area contributed by atoms with Crippen LogP contribution in [0.2, 0.25) is 0 Å². The fourth-order valence-corrected chi connectivity index (χ4v) is 1.68. The number of hydrogen-bond donors (Lipinski definition) is 2. The van der Waals surface area contributed by atoms with Crippen LogP contribution in [0.1, 0.15) is 32.4 Å². The molecule has 0 saturated heterocycles. The van der Waals surface area contributed by atoms with E-state index in [9.17, 15) is 22.7 Å². The molecule has 0 radical (unpaired) electrons. The highest BCUT2D eigenvalue weighted by molar-refractivity contribution is 5.32. The van der Waals surface area contributed by atoms with Crippen molar-refractivity contribution >= 4 is 0 Å². The van der Waals surface area contributed by atoms with Crippen molar-refractivity contribution in [1.29, 1.82) is 0 Å². The summed E-state index contributed by atoms with van der Waals surface area (Å²) in [5.41, 5.74) is 4.86. The molecule has 1 rings (SSSR count). The molecule has 2 atom stereocenters. The molecule has 0 aliphatic rings. The van der Waals surface area contributed by atoms with Crippen LogP contribution in [0, 0.1) is 11.2 Å². The summed E-state index contributed by atoms with van der Waals surface area (Å²) >= 11 is 0. The van der Waals surface area contributed by atoms with Crippen molar-refractivity contribution in [1.82, 2.24) is 0 Å². The zero-order valence-electron chi connectivity index (χ0n) is 11.3. The number of halogens is 4. The van der Waals surface area contributed by atoms with E-state index in [1.807, 2.05) is 0 Å². The van der Waals surface area contributed by atoms with Gasteiger partial charge in [-0.05, 0) is 23.6 Å². The first-order valence-corrected chi connectivity index (χ1v) is 5.90. The van der Waals surface area contributed by atoms with Crippen LogP contribution in [-0.4, -0.2) is 17.6 Å². The lowest BCUT2D eigenvalue weighted by Crippen LogP contribution is -2.37. The van der Waals surface area contributed by atoms with Gasteiger partial charge in [-0.15, -0.1) is 13.2 Å². The second-order valence-corrected chi connectivity index (χ2v) is 5.57. The number of aliphatic hydroxyl groups is 1. The molecule has 0 aliphatic carbocycles. The van der Waals surface area contributed by atoms with Crippen molar-refractivity contribution in [3.8, 4) is 5.75 Å². The van der Waals surface area contributed by atoms with Crippen molar-refractivity contribution in [3.63, 3.8) is 0 Å². The second-order valence-electron chi connectivity index (χ2n) is 5.57. The van der Waals surface area contributed by atoms with E-state index in [1.165, 1.54) is 0 Å². The summed E-state index contributed by atoms with van der Waals surface area (Å²) < 4.78 is 53.8. The minimum Gasteiger partial charge on any atom is -0.406 e. The minimum absolute atomic E-state index is 0.228. The van der Waals surface area contributed by atoms with E-state index in [2.05, 4.69) is 4.74 Å². The molecule has 1 aromatic carbocycles. The van der Waals surface area contributed by atoms with Gasteiger partial charge in [0.2, 0.25) is 0 Å². The summed E-state index contributed by atoms with van der Waals surface area (Å²) in [6, 6.07) is 1.36. The van der Waals surface area contributed by atoms with Gasteiger partial charge in [-0.2, -0.15) is 0 Å². The fraction of sp³-hybridized carbons (Fsp3) is 0.538. The Hall–Kier alpha value is -1.34. The van der Waals surface area contributed by atoms with Crippen LogP contribution in [0.3, 0.4) is 0 Å². The Kier molecular flexibility index (Phi) is 4.66. The highest BCUT2D eigenvalue weighted by Gasteiger charge is 2.33. The Morgan fingerprint density at radius 2 is 1.75 bits per heavy atom. The maximum absolute atomic E-state index is 13.7. The maximum Gasteiger partial charge on any atom is 0.573 e. The molecule has 3 nitrogen and oxygen atoms in total. The zero-order valence-corrected chi connectivity index (χ0v) is 11.3. The van der Waals surface area contributed by atoms with Crippen LogP contribution in [-0.2, 0) is 0 Å². The largest absolute Gasteiger partial charge is 0.573 e. The van der Waals surface area contributed by atoms with Crippen LogP contribution in [0.15, 0.2) is 18.2 Å². The van der Waals surface area contributed by atoms with Crippen molar-refractivity contribution in [2.75, 3.05) is 0 Å². The lowest BCUT2D eigenvalue weighted by atomic mass is 9.82. The van der Waals surface area contributed by atoms with Crippen LogP contribution in [0.25, 0.3) is 0 Å². The molecule has 0 bridgehead atoms. The topological polar surface area (TPSA) is 55.5 Å². The first-order chi connectivity index (χ1) is 8.92. The summed E-state index contributed by atoms with van der Waals surface area (Å²) in [5, 5.41) is 10.0. The van der Waals surface area contributed by atoms with Crippen LogP contribution < -0.4 is 10.5 Å². The summed E-state index contributed by atoms with van der Waals surface area (Å²) in [6.45, 7) is 5.06. The number of benzene rings is 1. The lowest BCUT2D eigenvalue weighted by molar-refractivity contribution is -0.274. The average Bonchev–Trinajstić information content (AvgIpc) is 2.26. The first-order valence-electron chi connectivity index (χ1n) is 5.90. The first kappa shape index (κ1) is 16.7. The van der Waals surface area contributed by atoms with E-state index in [0.29, 0.717) is 0 Å². The third-order valence-corrected chi connectivity index (χ3v) is 2.79. The van der Waals surface area contributed by atoms with Gasteiger partial charge in [-0.1, -0.05) is 20.8 Å². The molecule has 3 N–H and O–H groups in total. The Morgan fingerprint density at radius 3 is 2.20 bits per heavy atom. The zero-order chi connectivity index (χ0) is 15.7. The molecule has 7 heteroatoms. The Labute approximate surface area is 114 Å². The molecule has 20 heavy (non-hydrogen) atoms. The minimum atomic E-state index is -4.87. The normalized spacial score (nSPS) is 15.8. The molecule has 0 heterocycles. The van der Waals surface area contributed by atoms with E-state index in [4.69, 9.17) is 5.73 Å². The van der Waals surface area contributed by atoms with Gasteiger partial charge in [-0.3, -0.25) is 0 Å². The molecule has 0 spiro atoms. The summed E-state index contributed by atoms with van der Waals surface area (Å²) in [6.07, 6.45) is -6.00. The monoisotopic (exact) mass is 295 g/mol. The van der Waals surface area contributed by atoms with Gasteiger partial charge < -0.3 is 15.6 Å². The van der Waals surface area contributed by atoms with Gasteiger partial charge in [0.05, 0.1) is 12.1 Å². The lowest BCUT2D eigenvalue weighted by Gasteiger charge is -2.31. The smallest absolute Gasteiger partial charge is 0.406 e. The molecular weight excluding hydrogens is 278 g/mol. The van der Waals surface area contributed by atoms with Crippen molar-refractivity contribution in [2.45, 2.75) is 39.3 Å². The van der Waals surface area contributed by atoms with Gasteiger partial charge in [0, 0.05) is 5.56 Å². The third-order valence-electron chi connectivity index (χ3n) is 2.79. The third kappa shape index (κ3) is 4.35. The Bertz CT molecular complexity index is 468. The van der Waals surface area contributed by atoms with E-state index in [0.717, 1.165) is 18.2 Å². The molecule has 0 unspecified atom stereocenters. The van der Waals surface area contributed by atoms with Crippen molar-refractivity contribution in [3.05, 3.63) is 29.6 Å². The standard InChI is InChI=1S/C13H17F4NO2/c1-12(2,3)11(19)10(18)8-6-7(4-5-9(8)14)20-13(15,16)17/h4-6,10-11,19H,18H2,1-3H3/t10-,11-/m0/s1. The molecular formula is C13H17F4NO2. The van der Waals surface area contributed by atoms with Crippen LogP contribution >= 0.6 is 0 Å². The number of ether oxygens (including phenoxy) is 1.